The molecule has 4 rings (SSSR count). The Hall–Kier alpha value is -2.12. The first kappa shape index (κ1) is 31.9. The standard InChI is InChI=1S/C28H38ClN3O.CH4.2H2O/c1-19(2)26(31-27(33)23-13-15-30-25-8-6-5-7-22(23)25)17-32-16-14-24(28(3,4)18-32)20-9-11-21(29)12-10-20;;;/h5-11,13,15,19,21,24-26,30H,12,14,16-18H2,1-4H3,(H,31,33);1H4;2*1H2/t21?,24-,25?,26+;;;/m1.../s1. The Morgan fingerprint density at radius 3 is 2.58 bits per heavy atom. The molecule has 6 nitrogen and oxygen atoms in total. The van der Waals surface area contributed by atoms with Gasteiger partial charge in [-0.15, -0.1) is 11.6 Å². The summed E-state index contributed by atoms with van der Waals surface area (Å²) in [5.41, 5.74) is 3.42. The lowest BCUT2D eigenvalue weighted by Crippen LogP contribution is -2.53. The number of halogens is 1. The molecule has 2 aliphatic heterocycles. The van der Waals surface area contributed by atoms with Gasteiger partial charge in [0.2, 0.25) is 0 Å². The lowest BCUT2D eigenvalue weighted by Gasteiger charge is -2.46. The number of carbonyl (C=O) groups is 1. The largest absolute Gasteiger partial charge is 0.412 e. The second-order valence-electron chi connectivity index (χ2n) is 10.8. The molecule has 4 aliphatic rings. The van der Waals surface area contributed by atoms with E-state index in [0.29, 0.717) is 11.8 Å². The van der Waals surface area contributed by atoms with Crippen molar-refractivity contribution in [2.45, 2.75) is 65.4 Å². The van der Waals surface area contributed by atoms with Gasteiger partial charge in [-0.1, -0.05) is 77.7 Å². The van der Waals surface area contributed by atoms with Crippen LogP contribution in [-0.2, 0) is 4.79 Å². The highest BCUT2D eigenvalue weighted by atomic mass is 35.5. The maximum atomic E-state index is 13.3. The van der Waals surface area contributed by atoms with Crippen LogP contribution in [0.5, 0.6) is 0 Å². The number of piperidine rings is 1. The number of alkyl halides is 1. The normalized spacial score (nSPS) is 27.1. The number of likely N-dealkylation sites (tertiary alicyclic amines) is 1. The van der Waals surface area contributed by atoms with E-state index in [1.165, 1.54) is 5.57 Å². The number of carbonyl (C=O) groups excluding carboxylic acids is 1. The van der Waals surface area contributed by atoms with Crippen molar-refractivity contribution in [3.05, 3.63) is 71.5 Å². The molecular weight excluding hydrogens is 474 g/mol. The Morgan fingerprint density at radius 2 is 1.94 bits per heavy atom. The van der Waals surface area contributed by atoms with E-state index < -0.39 is 0 Å². The zero-order valence-electron chi connectivity index (χ0n) is 21.4. The smallest absolute Gasteiger partial charge is 0.251 e. The van der Waals surface area contributed by atoms with Crippen molar-refractivity contribution in [2.24, 2.45) is 17.3 Å². The van der Waals surface area contributed by atoms with Crippen molar-refractivity contribution >= 4 is 17.5 Å². The summed E-state index contributed by atoms with van der Waals surface area (Å²) < 4.78 is 0. The summed E-state index contributed by atoms with van der Waals surface area (Å²) in [6.45, 7) is 12.1. The first-order valence-corrected chi connectivity index (χ1v) is 12.8. The Labute approximate surface area is 222 Å². The monoisotopic (exact) mass is 519 g/mol. The van der Waals surface area contributed by atoms with Crippen LogP contribution in [0.2, 0.25) is 0 Å². The van der Waals surface area contributed by atoms with Crippen molar-refractivity contribution in [3.8, 4) is 0 Å². The van der Waals surface area contributed by atoms with Gasteiger partial charge in [-0.2, -0.15) is 0 Å². The van der Waals surface area contributed by atoms with E-state index in [1.54, 1.807) is 0 Å². The van der Waals surface area contributed by atoms with E-state index in [1.807, 2.05) is 30.5 Å². The van der Waals surface area contributed by atoms with E-state index in [-0.39, 0.29) is 47.2 Å². The topological polar surface area (TPSA) is 107 Å². The molecule has 2 unspecified atom stereocenters. The number of dihydropyridines is 1. The number of hydrogen-bond donors (Lipinski definition) is 2. The number of fused-ring (bicyclic) bond motifs is 1. The maximum Gasteiger partial charge on any atom is 0.251 e. The Balaban J connectivity index is 0.00000216. The zero-order chi connectivity index (χ0) is 23.6. The van der Waals surface area contributed by atoms with Gasteiger partial charge in [-0.25, -0.2) is 0 Å². The van der Waals surface area contributed by atoms with Crippen LogP contribution in [0.1, 0.15) is 48.0 Å². The number of hydrogen-bond acceptors (Lipinski definition) is 3. The second kappa shape index (κ2) is 13.4. The summed E-state index contributed by atoms with van der Waals surface area (Å²) in [4.78, 5) is 15.8. The molecule has 0 aromatic heterocycles. The van der Waals surface area contributed by atoms with Crippen molar-refractivity contribution in [3.63, 3.8) is 0 Å². The van der Waals surface area contributed by atoms with Crippen molar-refractivity contribution in [1.29, 1.82) is 0 Å². The van der Waals surface area contributed by atoms with Crippen molar-refractivity contribution in [1.82, 2.24) is 15.5 Å². The Bertz CT molecular complexity index is 945. The van der Waals surface area contributed by atoms with Crippen LogP contribution in [0.3, 0.4) is 0 Å². The van der Waals surface area contributed by atoms with E-state index in [0.717, 1.165) is 43.6 Å². The third kappa shape index (κ3) is 7.22. The van der Waals surface area contributed by atoms with Crippen LogP contribution in [-0.4, -0.2) is 58.9 Å². The molecule has 36 heavy (non-hydrogen) atoms. The minimum absolute atomic E-state index is 0. The first-order chi connectivity index (χ1) is 15.7. The van der Waals surface area contributed by atoms with Crippen LogP contribution >= 0.6 is 11.6 Å². The molecule has 1 amide bonds. The molecule has 2 heterocycles. The van der Waals surface area contributed by atoms with Crippen LogP contribution in [0.25, 0.3) is 0 Å². The third-order valence-corrected chi connectivity index (χ3v) is 7.79. The molecular formula is C29H46ClN3O3. The van der Waals surface area contributed by atoms with Gasteiger partial charge >= 0.3 is 0 Å². The summed E-state index contributed by atoms with van der Waals surface area (Å²) in [7, 11) is 0. The van der Waals surface area contributed by atoms with Gasteiger partial charge in [0.05, 0.1) is 11.4 Å². The first-order valence-electron chi connectivity index (χ1n) is 12.3. The number of allylic oxidation sites excluding steroid dienone is 6. The van der Waals surface area contributed by atoms with E-state index in [4.69, 9.17) is 11.6 Å². The van der Waals surface area contributed by atoms with Crippen molar-refractivity contribution < 1.29 is 15.7 Å². The van der Waals surface area contributed by atoms with E-state index in [2.05, 4.69) is 67.5 Å². The minimum atomic E-state index is 0. The lowest BCUT2D eigenvalue weighted by atomic mass is 9.69. The molecule has 202 valence electrons. The molecule has 2 aliphatic carbocycles. The van der Waals surface area contributed by atoms with E-state index >= 15 is 0 Å². The SMILES string of the molecule is C.CC(C)[C@H](CN1CC[C@H](C2=CCC(Cl)C=C2)C(C)(C)C1)NC(=O)C1=C2C=CC=CC2NC=C1.O.O. The molecule has 0 aromatic rings. The molecule has 0 saturated carbocycles. The summed E-state index contributed by atoms with van der Waals surface area (Å²) in [6, 6.07) is 0.184. The predicted molar refractivity (Wildman–Crippen MR) is 152 cm³/mol. The fourth-order valence-electron chi connectivity index (χ4n) is 5.54. The Morgan fingerprint density at radius 1 is 1.19 bits per heavy atom. The molecule has 7 heteroatoms. The molecule has 1 saturated heterocycles. The fraction of sp³-hybridized carbons (Fsp3) is 0.552. The molecule has 0 aromatic carbocycles. The Kier molecular flexibility index (Phi) is 11.9. The van der Waals surface area contributed by atoms with Gasteiger partial charge in [0.15, 0.2) is 0 Å². The van der Waals surface area contributed by atoms with Gasteiger partial charge in [-0.05, 0) is 60.1 Å². The van der Waals surface area contributed by atoms with Gasteiger partial charge < -0.3 is 26.5 Å². The average molecular weight is 520 g/mol. The highest BCUT2D eigenvalue weighted by Gasteiger charge is 2.38. The number of rotatable bonds is 6. The number of nitrogens with zero attached hydrogens (tertiary/aromatic N) is 1. The third-order valence-electron chi connectivity index (χ3n) is 7.47. The number of amides is 1. The molecule has 0 spiro atoms. The van der Waals surface area contributed by atoms with Gasteiger partial charge in [0.1, 0.15) is 0 Å². The number of nitrogens with one attached hydrogen (secondary N) is 2. The van der Waals surface area contributed by atoms with Gasteiger partial charge in [-0.3, -0.25) is 4.79 Å². The molecule has 0 bridgehead atoms. The van der Waals surface area contributed by atoms with Gasteiger partial charge in [0, 0.05) is 24.7 Å². The van der Waals surface area contributed by atoms with Crippen LogP contribution in [0, 0.1) is 17.3 Å². The van der Waals surface area contributed by atoms with Crippen molar-refractivity contribution in [2.75, 3.05) is 19.6 Å². The summed E-state index contributed by atoms with van der Waals surface area (Å²) >= 11 is 6.25. The summed E-state index contributed by atoms with van der Waals surface area (Å²) in [5.74, 6) is 0.929. The predicted octanol–water partition coefficient (Wildman–Crippen LogP) is 3.86. The van der Waals surface area contributed by atoms with Crippen LogP contribution < -0.4 is 10.6 Å². The van der Waals surface area contributed by atoms with Gasteiger partial charge in [0.25, 0.3) is 5.91 Å². The average Bonchev–Trinajstić information content (AvgIpc) is 2.78. The second-order valence-corrected chi connectivity index (χ2v) is 11.4. The zero-order valence-corrected chi connectivity index (χ0v) is 22.1. The highest BCUT2D eigenvalue weighted by Crippen LogP contribution is 2.41. The minimum Gasteiger partial charge on any atom is -0.412 e. The molecule has 6 N–H and O–H groups in total. The van der Waals surface area contributed by atoms with Crippen LogP contribution in [0.15, 0.2) is 71.5 Å². The summed E-state index contributed by atoms with van der Waals surface area (Å²) in [5, 5.41) is 6.80. The quantitative estimate of drug-likeness (QED) is 0.520. The maximum absolute atomic E-state index is 13.3. The van der Waals surface area contributed by atoms with E-state index in [9.17, 15) is 4.79 Å². The summed E-state index contributed by atoms with van der Waals surface area (Å²) in [6.07, 6.45) is 20.7. The molecule has 1 fully saturated rings. The van der Waals surface area contributed by atoms with Crippen LogP contribution in [0.4, 0.5) is 0 Å². The highest BCUT2D eigenvalue weighted by molar-refractivity contribution is 6.22. The molecule has 4 atom stereocenters. The fourth-order valence-corrected chi connectivity index (χ4v) is 5.70. The lowest BCUT2D eigenvalue weighted by molar-refractivity contribution is -0.118. The molecule has 0 radical (unpaired) electrons.